The minimum Gasteiger partial charge on any atom is -0.396 e. The van der Waals surface area contributed by atoms with Crippen molar-refractivity contribution in [1.82, 2.24) is 0 Å². The Kier molecular flexibility index (Phi) is 2.79. The number of benzene rings is 2. The summed E-state index contributed by atoms with van der Waals surface area (Å²) in [6.45, 7) is 1.76. The lowest BCUT2D eigenvalue weighted by Gasteiger charge is -2.09. The molecule has 0 bridgehead atoms. The van der Waals surface area contributed by atoms with Gasteiger partial charge in [0.1, 0.15) is 0 Å². The molecule has 0 saturated carbocycles. The van der Waals surface area contributed by atoms with E-state index in [-0.39, 0.29) is 5.56 Å². The molecule has 0 radical (unpaired) electrons. The molecule has 2 N–H and O–H groups in total. The van der Waals surface area contributed by atoms with E-state index in [2.05, 4.69) is 0 Å². The van der Waals surface area contributed by atoms with Crippen LogP contribution in [-0.4, -0.2) is 0 Å². The minimum atomic E-state index is -1.54. The fraction of sp³-hybridized carbons (Fsp3) is 0.0769. The first kappa shape index (κ1) is 11.5. The number of hydrogen-bond donors (Lipinski definition) is 1. The van der Waals surface area contributed by atoms with Crippen molar-refractivity contribution in [3.8, 4) is 11.1 Å². The van der Waals surface area contributed by atoms with E-state index in [0.717, 1.165) is 11.6 Å². The molecule has 0 aliphatic carbocycles. The second-order valence-corrected chi connectivity index (χ2v) is 3.77. The van der Waals surface area contributed by atoms with Crippen LogP contribution >= 0.6 is 0 Å². The lowest BCUT2D eigenvalue weighted by molar-refractivity contribution is 0.451. The highest BCUT2D eigenvalue weighted by Gasteiger charge is 2.18. The summed E-state index contributed by atoms with van der Waals surface area (Å²) in [6.07, 6.45) is 0. The molecule has 0 aromatic heterocycles. The average Bonchev–Trinajstić information content (AvgIpc) is 2.32. The normalized spacial score (nSPS) is 10.6. The maximum Gasteiger partial charge on any atom is 0.197 e. The Morgan fingerprint density at radius 3 is 2.18 bits per heavy atom. The lowest BCUT2D eigenvalue weighted by atomic mass is 9.99. The van der Waals surface area contributed by atoms with Crippen LogP contribution in [0.4, 0.5) is 18.9 Å². The van der Waals surface area contributed by atoms with Gasteiger partial charge in [0.15, 0.2) is 17.5 Å². The van der Waals surface area contributed by atoms with E-state index in [1.807, 2.05) is 0 Å². The summed E-state index contributed by atoms with van der Waals surface area (Å²) in [6, 6.07) is 7.96. The van der Waals surface area contributed by atoms with Crippen molar-refractivity contribution >= 4 is 5.69 Å². The maximum atomic E-state index is 13.6. The molecule has 0 heterocycles. The lowest BCUT2D eigenvalue weighted by Crippen LogP contribution is -2.01. The van der Waals surface area contributed by atoms with Crippen LogP contribution in [0.5, 0.6) is 0 Å². The SMILES string of the molecule is Cc1ccccc1-c1cc(N)c(F)c(F)c1F. The van der Waals surface area contributed by atoms with Crippen LogP contribution in [0.1, 0.15) is 5.56 Å². The first-order valence-electron chi connectivity index (χ1n) is 5.01. The number of hydrogen-bond acceptors (Lipinski definition) is 1. The standard InChI is InChI=1S/C13H10F3N/c1-7-4-2-3-5-8(7)9-6-10(17)12(15)13(16)11(9)14/h2-6H,17H2,1H3. The highest BCUT2D eigenvalue weighted by atomic mass is 19.2. The van der Waals surface area contributed by atoms with Crippen molar-refractivity contribution in [3.63, 3.8) is 0 Å². The van der Waals surface area contributed by atoms with Crippen LogP contribution in [0.15, 0.2) is 30.3 Å². The summed E-state index contributed by atoms with van der Waals surface area (Å²) < 4.78 is 39.9. The van der Waals surface area contributed by atoms with Gasteiger partial charge in [-0.15, -0.1) is 0 Å². The van der Waals surface area contributed by atoms with E-state index in [9.17, 15) is 13.2 Å². The summed E-state index contributed by atoms with van der Waals surface area (Å²) in [4.78, 5) is 0. The van der Waals surface area contributed by atoms with Crippen molar-refractivity contribution < 1.29 is 13.2 Å². The van der Waals surface area contributed by atoms with Crippen LogP contribution in [-0.2, 0) is 0 Å². The predicted molar refractivity (Wildman–Crippen MR) is 60.9 cm³/mol. The largest absolute Gasteiger partial charge is 0.396 e. The van der Waals surface area contributed by atoms with Gasteiger partial charge in [-0.05, 0) is 24.1 Å². The van der Waals surface area contributed by atoms with Crippen molar-refractivity contribution in [2.45, 2.75) is 6.92 Å². The first-order chi connectivity index (χ1) is 8.02. The molecular formula is C13H10F3N. The Morgan fingerprint density at radius 1 is 0.882 bits per heavy atom. The molecule has 0 spiro atoms. The topological polar surface area (TPSA) is 26.0 Å². The van der Waals surface area contributed by atoms with Crippen LogP contribution in [0.25, 0.3) is 11.1 Å². The molecule has 1 nitrogen and oxygen atoms in total. The van der Waals surface area contributed by atoms with E-state index in [1.165, 1.54) is 0 Å². The molecule has 0 saturated heterocycles. The van der Waals surface area contributed by atoms with Gasteiger partial charge in [0.05, 0.1) is 5.69 Å². The molecule has 88 valence electrons. The number of rotatable bonds is 1. The molecule has 2 aromatic rings. The number of nitrogen functional groups attached to an aromatic ring is 1. The molecule has 0 amide bonds. The zero-order valence-electron chi connectivity index (χ0n) is 9.10. The second-order valence-electron chi connectivity index (χ2n) is 3.77. The Hall–Kier alpha value is -1.97. The Labute approximate surface area is 96.7 Å². The molecule has 4 heteroatoms. The highest BCUT2D eigenvalue weighted by molar-refractivity contribution is 5.71. The zero-order valence-corrected chi connectivity index (χ0v) is 9.10. The number of halogens is 3. The fourth-order valence-corrected chi connectivity index (χ4v) is 1.69. The van der Waals surface area contributed by atoms with Crippen LogP contribution in [0, 0.1) is 24.4 Å². The van der Waals surface area contributed by atoms with Gasteiger partial charge in [-0.2, -0.15) is 0 Å². The molecule has 0 aliphatic rings. The van der Waals surface area contributed by atoms with Crippen LogP contribution < -0.4 is 5.73 Å². The Balaban J connectivity index is 2.73. The molecular weight excluding hydrogens is 227 g/mol. The van der Waals surface area contributed by atoms with Crippen molar-refractivity contribution in [2.75, 3.05) is 5.73 Å². The Bertz CT molecular complexity index is 579. The highest BCUT2D eigenvalue weighted by Crippen LogP contribution is 2.31. The average molecular weight is 237 g/mol. The summed E-state index contributed by atoms with van der Waals surface area (Å²) in [5, 5.41) is 0. The Morgan fingerprint density at radius 2 is 1.53 bits per heavy atom. The van der Waals surface area contributed by atoms with Crippen LogP contribution in [0.2, 0.25) is 0 Å². The van der Waals surface area contributed by atoms with Crippen LogP contribution in [0.3, 0.4) is 0 Å². The van der Waals surface area contributed by atoms with Crippen molar-refractivity contribution in [3.05, 3.63) is 53.3 Å². The first-order valence-corrected chi connectivity index (χ1v) is 5.01. The van der Waals surface area contributed by atoms with Crippen molar-refractivity contribution in [1.29, 1.82) is 0 Å². The molecule has 2 aromatic carbocycles. The molecule has 0 fully saturated rings. The number of aryl methyl sites for hydroxylation is 1. The van der Waals surface area contributed by atoms with E-state index in [1.54, 1.807) is 31.2 Å². The quantitative estimate of drug-likeness (QED) is 0.594. The van der Waals surface area contributed by atoms with E-state index < -0.39 is 23.1 Å². The second kappa shape index (κ2) is 4.13. The third-order valence-electron chi connectivity index (χ3n) is 2.61. The zero-order chi connectivity index (χ0) is 12.6. The van der Waals surface area contributed by atoms with E-state index in [0.29, 0.717) is 5.56 Å². The molecule has 0 unspecified atom stereocenters. The van der Waals surface area contributed by atoms with Gasteiger partial charge in [-0.1, -0.05) is 24.3 Å². The molecule has 2 rings (SSSR count). The van der Waals surface area contributed by atoms with Gasteiger partial charge >= 0.3 is 0 Å². The van der Waals surface area contributed by atoms with Gasteiger partial charge in [0.25, 0.3) is 0 Å². The minimum absolute atomic E-state index is 0.0282. The van der Waals surface area contributed by atoms with Gasteiger partial charge in [-0.3, -0.25) is 0 Å². The summed E-state index contributed by atoms with van der Waals surface area (Å²) in [5.74, 6) is -4.10. The third-order valence-corrected chi connectivity index (χ3v) is 2.61. The third kappa shape index (κ3) is 1.86. The van der Waals surface area contributed by atoms with E-state index in [4.69, 9.17) is 5.73 Å². The summed E-state index contributed by atoms with van der Waals surface area (Å²) in [5.41, 5.74) is 6.12. The number of anilines is 1. The van der Waals surface area contributed by atoms with Gasteiger partial charge in [0, 0.05) is 5.56 Å². The summed E-state index contributed by atoms with van der Waals surface area (Å²) >= 11 is 0. The van der Waals surface area contributed by atoms with Gasteiger partial charge in [-0.25, -0.2) is 13.2 Å². The summed E-state index contributed by atoms with van der Waals surface area (Å²) in [7, 11) is 0. The molecule has 0 atom stereocenters. The molecule has 0 aliphatic heterocycles. The van der Waals surface area contributed by atoms with Gasteiger partial charge < -0.3 is 5.73 Å². The predicted octanol–water partition coefficient (Wildman–Crippen LogP) is 3.66. The van der Waals surface area contributed by atoms with Gasteiger partial charge in [0.2, 0.25) is 0 Å². The fourth-order valence-electron chi connectivity index (χ4n) is 1.69. The molecule has 17 heavy (non-hydrogen) atoms. The number of nitrogens with two attached hydrogens (primary N) is 1. The van der Waals surface area contributed by atoms with Crippen molar-refractivity contribution in [2.24, 2.45) is 0 Å². The maximum absolute atomic E-state index is 13.6. The van der Waals surface area contributed by atoms with E-state index >= 15 is 0 Å². The monoisotopic (exact) mass is 237 g/mol. The smallest absolute Gasteiger partial charge is 0.197 e.